The van der Waals surface area contributed by atoms with Gasteiger partial charge in [-0.25, -0.2) is 0 Å². The minimum absolute atomic E-state index is 0.0223. The summed E-state index contributed by atoms with van der Waals surface area (Å²) in [6, 6.07) is 9.87. The van der Waals surface area contributed by atoms with Crippen LogP contribution in [0.4, 0.5) is 0 Å². The fourth-order valence-corrected chi connectivity index (χ4v) is 4.64. The van der Waals surface area contributed by atoms with Crippen molar-refractivity contribution in [2.24, 2.45) is 0 Å². The van der Waals surface area contributed by atoms with Crippen molar-refractivity contribution < 1.29 is 14.3 Å². The third-order valence-electron chi connectivity index (χ3n) is 4.60. The second-order valence-corrected chi connectivity index (χ2v) is 8.51. The lowest BCUT2D eigenvalue weighted by atomic mass is 10.1. The normalized spacial score (nSPS) is 13.5. The number of rotatable bonds is 9. The summed E-state index contributed by atoms with van der Waals surface area (Å²) in [5.41, 5.74) is 0.519. The average molecular weight is 416 g/mol. The van der Waals surface area contributed by atoms with E-state index in [1.807, 2.05) is 6.07 Å². The average Bonchev–Trinajstić information content (AvgIpc) is 3.28. The Hall–Kier alpha value is -2.32. The van der Waals surface area contributed by atoms with E-state index in [1.54, 1.807) is 43.8 Å². The maximum atomic E-state index is 12.8. The van der Waals surface area contributed by atoms with Crippen molar-refractivity contribution in [2.75, 3.05) is 20.0 Å². The van der Waals surface area contributed by atoms with Crippen molar-refractivity contribution in [3.05, 3.63) is 52.0 Å². The Kier molecular flexibility index (Phi) is 5.68. The van der Waals surface area contributed by atoms with Gasteiger partial charge in [0.1, 0.15) is 17.3 Å². The summed E-state index contributed by atoms with van der Waals surface area (Å²) >= 11 is 3.15. The summed E-state index contributed by atoms with van der Waals surface area (Å²) in [4.78, 5) is 14.1. The van der Waals surface area contributed by atoms with Crippen LogP contribution in [0.3, 0.4) is 0 Å². The predicted molar refractivity (Wildman–Crippen MR) is 110 cm³/mol. The molecule has 0 spiro atoms. The highest BCUT2D eigenvalue weighted by Crippen LogP contribution is 2.39. The molecule has 8 heteroatoms. The minimum atomic E-state index is -0.0223. The molecule has 0 amide bonds. The van der Waals surface area contributed by atoms with Crippen molar-refractivity contribution in [1.82, 2.24) is 14.8 Å². The van der Waals surface area contributed by atoms with E-state index in [2.05, 4.69) is 26.2 Å². The van der Waals surface area contributed by atoms with Gasteiger partial charge in [-0.3, -0.25) is 4.79 Å². The number of ether oxygens (including phenoxy) is 2. The van der Waals surface area contributed by atoms with Gasteiger partial charge >= 0.3 is 0 Å². The maximum Gasteiger partial charge on any atom is 0.191 e. The molecule has 3 aromatic rings. The monoisotopic (exact) mass is 415 g/mol. The Labute approximate surface area is 171 Å². The van der Waals surface area contributed by atoms with Crippen molar-refractivity contribution in [1.29, 1.82) is 0 Å². The number of carbonyl (C=O) groups is 1. The van der Waals surface area contributed by atoms with Gasteiger partial charge in [0.25, 0.3) is 0 Å². The number of methoxy groups -OCH3 is 2. The zero-order chi connectivity index (χ0) is 19.5. The maximum absolute atomic E-state index is 12.8. The third-order valence-corrected chi connectivity index (χ3v) is 6.42. The summed E-state index contributed by atoms with van der Waals surface area (Å²) in [5, 5.41) is 11.7. The molecule has 1 aliphatic carbocycles. The van der Waals surface area contributed by atoms with Crippen LogP contribution in [-0.2, 0) is 6.42 Å². The molecule has 0 N–H and O–H groups in total. The number of carbonyl (C=O) groups excluding carboxylic acids is 1. The van der Waals surface area contributed by atoms with Crippen LogP contribution in [-0.4, -0.2) is 40.5 Å². The van der Waals surface area contributed by atoms with Gasteiger partial charge in [0.2, 0.25) is 0 Å². The van der Waals surface area contributed by atoms with Gasteiger partial charge in [0, 0.05) is 17.3 Å². The molecule has 0 aliphatic heterocycles. The molecule has 2 heterocycles. The quantitative estimate of drug-likeness (QED) is 0.384. The molecule has 146 valence electrons. The van der Waals surface area contributed by atoms with Crippen LogP contribution in [0.2, 0.25) is 0 Å². The van der Waals surface area contributed by atoms with Gasteiger partial charge in [0.15, 0.2) is 10.9 Å². The smallest absolute Gasteiger partial charge is 0.191 e. The Balaban J connectivity index is 1.51. The number of Topliss-reactive ketones (excluding diaryl/α,β-unsaturated/α-hetero) is 1. The number of nitrogens with zero attached hydrogens (tertiary/aromatic N) is 3. The topological polar surface area (TPSA) is 66.2 Å². The Bertz CT molecular complexity index is 965. The van der Waals surface area contributed by atoms with Gasteiger partial charge in [-0.05, 0) is 42.5 Å². The summed E-state index contributed by atoms with van der Waals surface area (Å²) in [7, 11) is 3.14. The number of thiophene rings is 1. The molecule has 6 nitrogen and oxygen atoms in total. The molecule has 2 aromatic heterocycles. The lowest BCUT2D eigenvalue weighted by Crippen LogP contribution is -2.08. The molecule has 1 aromatic carbocycles. The van der Waals surface area contributed by atoms with Crippen molar-refractivity contribution in [3.8, 4) is 11.5 Å². The summed E-state index contributed by atoms with van der Waals surface area (Å²) in [5.74, 6) is 2.40. The number of hydrogen-bond acceptors (Lipinski definition) is 7. The van der Waals surface area contributed by atoms with Gasteiger partial charge in [0.05, 0.1) is 25.5 Å². The number of aromatic nitrogens is 3. The molecular formula is C20H21N3O3S2. The first kappa shape index (κ1) is 19.0. The lowest BCUT2D eigenvalue weighted by Gasteiger charge is -2.10. The fourth-order valence-electron chi connectivity index (χ4n) is 3.03. The van der Waals surface area contributed by atoms with Crippen LogP contribution in [0.25, 0.3) is 0 Å². The van der Waals surface area contributed by atoms with Crippen LogP contribution in [0.15, 0.2) is 40.9 Å². The molecule has 0 saturated heterocycles. The van der Waals surface area contributed by atoms with E-state index in [1.165, 1.54) is 16.6 Å². The van der Waals surface area contributed by atoms with E-state index in [4.69, 9.17) is 9.47 Å². The number of thioether (sulfide) groups is 1. The molecule has 4 rings (SSSR count). The number of ketones is 1. The molecule has 1 aliphatic rings. The highest BCUT2D eigenvalue weighted by Gasteiger charge is 2.30. The largest absolute Gasteiger partial charge is 0.497 e. The van der Waals surface area contributed by atoms with E-state index in [-0.39, 0.29) is 11.5 Å². The zero-order valence-electron chi connectivity index (χ0n) is 15.8. The first-order valence-corrected chi connectivity index (χ1v) is 10.9. The summed E-state index contributed by atoms with van der Waals surface area (Å²) in [6.45, 7) is 0. The predicted octanol–water partition coefficient (Wildman–Crippen LogP) is 4.26. The molecule has 0 atom stereocenters. The first-order chi connectivity index (χ1) is 13.7. The standard InChI is InChI=1S/C20H21N3O3S2/c1-25-14-7-8-18(26-2)16(10-14)17(24)12-28-20-22-21-19(23(20)13-5-6-13)11-15-4-3-9-27-15/h3-4,7-10,13H,5-6,11-12H2,1-2H3. The van der Waals surface area contributed by atoms with Crippen LogP contribution < -0.4 is 9.47 Å². The van der Waals surface area contributed by atoms with E-state index in [9.17, 15) is 4.79 Å². The highest BCUT2D eigenvalue weighted by atomic mass is 32.2. The van der Waals surface area contributed by atoms with Gasteiger partial charge in [-0.2, -0.15) is 0 Å². The Morgan fingerprint density at radius 2 is 2.11 bits per heavy atom. The molecule has 0 radical (unpaired) electrons. The zero-order valence-corrected chi connectivity index (χ0v) is 17.4. The van der Waals surface area contributed by atoms with E-state index in [0.717, 1.165) is 30.2 Å². The molecule has 0 unspecified atom stereocenters. The number of hydrogen-bond donors (Lipinski definition) is 0. The van der Waals surface area contributed by atoms with E-state index >= 15 is 0 Å². The lowest BCUT2D eigenvalue weighted by molar-refractivity contribution is 0.101. The second kappa shape index (κ2) is 8.36. The number of benzene rings is 1. The van der Waals surface area contributed by atoms with E-state index < -0.39 is 0 Å². The minimum Gasteiger partial charge on any atom is -0.497 e. The molecule has 1 saturated carbocycles. The van der Waals surface area contributed by atoms with Crippen molar-refractivity contribution in [3.63, 3.8) is 0 Å². The highest BCUT2D eigenvalue weighted by molar-refractivity contribution is 7.99. The van der Waals surface area contributed by atoms with Gasteiger partial charge in [-0.1, -0.05) is 17.8 Å². The van der Waals surface area contributed by atoms with Crippen molar-refractivity contribution in [2.45, 2.75) is 30.5 Å². The summed E-state index contributed by atoms with van der Waals surface area (Å²) < 4.78 is 12.8. The van der Waals surface area contributed by atoms with E-state index in [0.29, 0.717) is 23.1 Å². The van der Waals surface area contributed by atoms with Crippen LogP contribution in [0, 0.1) is 0 Å². The molecule has 1 fully saturated rings. The second-order valence-electron chi connectivity index (χ2n) is 6.53. The first-order valence-electron chi connectivity index (χ1n) is 9.03. The summed E-state index contributed by atoms with van der Waals surface area (Å²) in [6.07, 6.45) is 3.06. The molecular weight excluding hydrogens is 394 g/mol. The van der Waals surface area contributed by atoms with Crippen molar-refractivity contribution >= 4 is 28.9 Å². The van der Waals surface area contributed by atoms with Crippen LogP contribution in [0.1, 0.15) is 39.9 Å². The molecule has 28 heavy (non-hydrogen) atoms. The van der Waals surface area contributed by atoms with Crippen LogP contribution >= 0.6 is 23.1 Å². The fraction of sp³-hybridized carbons (Fsp3) is 0.350. The SMILES string of the molecule is COc1ccc(OC)c(C(=O)CSc2nnc(Cc3cccs3)n2C2CC2)c1. The molecule has 0 bridgehead atoms. The van der Waals surface area contributed by atoms with Gasteiger partial charge in [-0.15, -0.1) is 21.5 Å². The van der Waals surface area contributed by atoms with Gasteiger partial charge < -0.3 is 14.0 Å². The van der Waals surface area contributed by atoms with Crippen LogP contribution in [0.5, 0.6) is 11.5 Å². The Morgan fingerprint density at radius 3 is 2.79 bits per heavy atom. The Morgan fingerprint density at radius 1 is 1.25 bits per heavy atom. The third kappa shape index (κ3) is 4.07.